The lowest BCUT2D eigenvalue weighted by molar-refractivity contribution is -0.136. The van der Waals surface area contributed by atoms with Gasteiger partial charge in [-0.25, -0.2) is 0 Å². The van der Waals surface area contributed by atoms with Gasteiger partial charge in [-0.3, -0.25) is 4.79 Å². The Balaban J connectivity index is 2.15. The number of hydrogen-bond donors (Lipinski definition) is 2. The molecule has 1 aliphatic rings. The minimum atomic E-state index is -0.732. The van der Waals surface area contributed by atoms with E-state index in [1.165, 1.54) is 27.7 Å². The zero-order valence-electron chi connectivity index (χ0n) is 11.1. The molecule has 1 aromatic carbocycles. The Labute approximate surface area is 112 Å². The van der Waals surface area contributed by atoms with Crippen LogP contribution in [0, 0.1) is 6.92 Å². The molecule has 0 aliphatic carbocycles. The third-order valence-electron chi connectivity index (χ3n) is 3.84. The Hall–Kier alpha value is -1.81. The summed E-state index contributed by atoms with van der Waals surface area (Å²) in [7, 11) is 0. The van der Waals surface area contributed by atoms with Gasteiger partial charge in [0.15, 0.2) is 0 Å². The average Bonchev–Trinajstić information content (AvgIpc) is 2.70. The summed E-state index contributed by atoms with van der Waals surface area (Å²) in [4.78, 5) is 10.8. The summed E-state index contributed by atoms with van der Waals surface area (Å²) in [6.45, 7) is 4.87. The molecule has 19 heavy (non-hydrogen) atoms. The number of carboxylic acid groups (broad SMARTS) is 1. The third kappa shape index (κ3) is 2.12. The molecule has 4 nitrogen and oxygen atoms in total. The molecule has 0 radical (unpaired) electrons. The second-order valence-corrected chi connectivity index (χ2v) is 5.17. The summed E-state index contributed by atoms with van der Waals surface area (Å²) >= 11 is 0. The molecule has 0 fully saturated rings. The first-order chi connectivity index (χ1) is 9.16. The molecular formula is C15H18N2O2. The van der Waals surface area contributed by atoms with E-state index in [2.05, 4.69) is 35.0 Å². The van der Waals surface area contributed by atoms with Crippen molar-refractivity contribution in [2.24, 2.45) is 0 Å². The van der Waals surface area contributed by atoms with Crippen LogP contribution < -0.4 is 5.32 Å². The number of rotatable bonds is 3. The molecule has 0 saturated heterocycles. The van der Waals surface area contributed by atoms with Gasteiger partial charge in [0, 0.05) is 42.7 Å². The number of benzene rings is 1. The van der Waals surface area contributed by atoms with Crippen LogP contribution in [0.2, 0.25) is 0 Å². The first kappa shape index (κ1) is 12.2. The van der Waals surface area contributed by atoms with Gasteiger partial charge in [-0.2, -0.15) is 0 Å². The van der Waals surface area contributed by atoms with Gasteiger partial charge >= 0.3 is 5.97 Å². The normalized spacial score (nSPS) is 14.6. The van der Waals surface area contributed by atoms with Crippen molar-refractivity contribution in [1.82, 2.24) is 9.88 Å². The fourth-order valence-corrected chi connectivity index (χ4v) is 2.95. The van der Waals surface area contributed by atoms with Crippen molar-refractivity contribution < 1.29 is 9.90 Å². The van der Waals surface area contributed by atoms with Gasteiger partial charge in [-0.05, 0) is 30.5 Å². The van der Waals surface area contributed by atoms with E-state index in [0.717, 1.165) is 19.6 Å². The molecule has 0 unspecified atom stereocenters. The summed E-state index contributed by atoms with van der Waals surface area (Å²) in [6.07, 6.45) is 0.804. The van der Waals surface area contributed by atoms with Crippen LogP contribution >= 0.6 is 0 Å². The molecule has 0 atom stereocenters. The van der Waals surface area contributed by atoms with E-state index in [1.807, 2.05) is 0 Å². The van der Waals surface area contributed by atoms with Crippen LogP contribution in [0.3, 0.4) is 0 Å². The second kappa shape index (κ2) is 4.70. The molecule has 3 rings (SSSR count). The first-order valence-corrected chi connectivity index (χ1v) is 6.70. The van der Waals surface area contributed by atoms with Crippen LogP contribution in [0.4, 0.5) is 0 Å². The monoisotopic (exact) mass is 258 g/mol. The van der Waals surface area contributed by atoms with Crippen LogP contribution in [-0.2, 0) is 24.3 Å². The van der Waals surface area contributed by atoms with Crippen LogP contribution in [0.15, 0.2) is 18.2 Å². The third-order valence-corrected chi connectivity index (χ3v) is 3.84. The zero-order valence-corrected chi connectivity index (χ0v) is 11.1. The van der Waals surface area contributed by atoms with Gasteiger partial charge < -0.3 is 15.0 Å². The van der Waals surface area contributed by atoms with Crippen molar-refractivity contribution in [3.63, 3.8) is 0 Å². The summed E-state index contributed by atoms with van der Waals surface area (Å²) in [6, 6.07) is 6.44. The highest BCUT2D eigenvalue weighted by Crippen LogP contribution is 2.29. The van der Waals surface area contributed by atoms with E-state index < -0.39 is 5.97 Å². The zero-order chi connectivity index (χ0) is 13.4. The van der Waals surface area contributed by atoms with Gasteiger partial charge in [0.1, 0.15) is 0 Å². The highest BCUT2D eigenvalue weighted by Gasteiger charge is 2.19. The van der Waals surface area contributed by atoms with Crippen molar-refractivity contribution >= 4 is 16.9 Å². The van der Waals surface area contributed by atoms with Gasteiger partial charge in [0.05, 0.1) is 0 Å². The Morgan fingerprint density at radius 2 is 2.32 bits per heavy atom. The number of aromatic nitrogens is 1. The molecule has 2 heterocycles. The molecule has 2 aromatic rings. The molecule has 2 N–H and O–H groups in total. The molecular weight excluding hydrogens is 240 g/mol. The Kier molecular flexibility index (Phi) is 3.03. The SMILES string of the molecule is Cc1ccc2c(CCC(=O)O)c3n(c2c1)CCNC3. The number of carboxylic acids is 1. The minimum Gasteiger partial charge on any atom is -0.481 e. The van der Waals surface area contributed by atoms with E-state index >= 15 is 0 Å². The molecule has 1 aromatic heterocycles. The number of nitrogens with zero attached hydrogens (tertiary/aromatic N) is 1. The van der Waals surface area contributed by atoms with Gasteiger partial charge in [0.25, 0.3) is 0 Å². The van der Waals surface area contributed by atoms with Gasteiger partial charge in [0.2, 0.25) is 0 Å². The molecule has 0 spiro atoms. The lowest BCUT2D eigenvalue weighted by Crippen LogP contribution is -2.28. The van der Waals surface area contributed by atoms with Crippen molar-refractivity contribution in [3.8, 4) is 0 Å². The highest BCUT2D eigenvalue weighted by atomic mass is 16.4. The summed E-state index contributed by atoms with van der Waals surface area (Å²) < 4.78 is 2.34. The second-order valence-electron chi connectivity index (χ2n) is 5.17. The maximum Gasteiger partial charge on any atom is 0.303 e. The van der Waals surface area contributed by atoms with E-state index in [4.69, 9.17) is 5.11 Å². The summed E-state index contributed by atoms with van der Waals surface area (Å²) in [5.74, 6) is -0.732. The number of aryl methyl sites for hydroxylation is 2. The highest BCUT2D eigenvalue weighted by molar-refractivity contribution is 5.87. The standard InChI is InChI=1S/C15H18N2O2/c1-10-2-3-11-12(4-5-15(18)19)14-9-16-6-7-17(14)13(11)8-10/h2-3,8,16H,4-7,9H2,1H3,(H,18,19). The van der Waals surface area contributed by atoms with Crippen LogP contribution in [0.25, 0.3) is 10.9 Å². The van der Waals surface area contributed by atoms with Crippen LogP contribution in [0.5, 0.6) is 0 Å². The molecule has 1 aliphatic heterocycles. The maximum absolute atomic E-state index is 10.8. The summed E-state index contributed by atoms with van der Waals surface area (Å²) in [5.41, 5.74) is 4.95. The van der Waals surface area contributed by atoms with Gasteiger partial charge in [-0.15, -0.1) is 0 Å². The number of fused-ring (bicyclic) bond motifs is 3. The smallest absolute Gasteiger partial charge is 0.303 e. The number of nitrogens with one attached hydrogen (secondary N) is 1. The molecule has 4 heteroatoms. The van der Waals surface area contributed by atoms with E-state index in [1.54, 1.807) is 0 Å². The molecule has 0 amide bonds. The topological polar surface area (TPSA) is 54.3 Å². The first-order valence-electron chi connectivity index (χ1n) is 6.70. The van der Waals surface area contributed by atoms with E-state index in [9.17, 15) is 4.79 Å². The molecule has 100 valence electrons. The van der Waals surface area contributed by atoms with E-state index in [-0.39, 0.29) is 6.42 Å². The predicted molar refractivity (Wildman–Crippen MR) is 74.3 cm³/mol. The Bertz CT molecular complexity index is 643. The van der Waals surface area contributed by atoms with Crippen molar-refractivity contribution in [1.29, 1.82) is 0 Å². The van der Waals surface area contributed by atoms with Crippen LogP contribution in [0.1, 0.15) is 23.2 Å². The van der Waals surface area contributed by atoms with Crippen molar-refractivity contribution in [2.75, 3.05) is 6.54 Å². The number of aliphatic carboxylic acids is 1. The maximum atomic E-state index is 10.8. The largest absolute Gasteiger partial charge is 0.481 e. The average molecular weight is 258 g/mol. The number of hydrogen-bond acceptors (Lipinski definition) is 2. The molecule has 0 bridgehead atoms. The number of carbonyl (C=O) groups is 1. The minimum absolute atomic E-state index is 0.194. The van der Waals surface area contributed by atoms with Crippen LogP contribution in [-0.4, -0.2) is 22.2 Å². The van der Waals surface area contributed by atoms with E-state index in [0.29, 0.717) is 6.42 Å². The fourth-order valence-electron chi connectivity index (χ4n) is 2.95. The lowest BCUT2D eigenvalue weighted by Gasteiger charge is -2.18. The van der Waals surface area contributed by atoms with Crippen molar-refractivity contribution in [3.05, 3.63) is 35.0 Å². The quantitative estimate of drug-likeness (QED) is 0.886. The van der Waals surface area contributed by atoms with Gasteiger partial charge in [-0.1, -0.05) is 12.1 Å². The molecule has 0 saturated carbocycles. The summed E-state index contributed by atoms with van der Waals surface area (Å²) in [5, 5.41) is 13.5. The van der Waals surface area contributed by atoms with Crippen molar-refractivity contribution in [2.45, 2.75) is 32.9 Å². The lowest BCUT2D eigenvalue weighted by atomic mass is 10.0. The fraction of sp³-hybridized carbons (Fsp3) is 0.400. The Morgan fingerprint density at radius 3 is 3.11 bits per heavy atom. The Morgan fingerprint density at radius 1 is 1.47 bits per heavy atom. The predicted octanol–water partition coefficient (Wildman–Crippen LogP) is 2.07.